The van der Waals surface area contributed by atoms with Gasteiger partial charge in [-0.1, -0.05) is 0 Å². The SMILES string of the molecule is Cc1cc(NC(=O)c2ccc3c(c2)OCO3)n([C@@H]2CCS(=O)(=O)C2)n1. The van der Waals surface area contributed by atoms with Gasteiger partial charge in [0.25, 0.3) is 5.91 Å². The summed E-state index contributed by atoms with van der Waals surface area (Å²) in [5, 5.41) is 7.17. The summed E-state index contributed by atoms with van der Waals surface area (Å²) in [5.74, 6) is 1.49. The lowest BCUT2D eigenvalue weighted by atomic mass is 10.2. The van der Waals surface area contributed by atoms with Crippen molar-refractivity contribution in [3.05, 3.63) is 35.5 Å². The maximum atomic E-state index is 12.6. The molecule has 1 aromatic heterocycles. The molecular formula is C16H17N3O5S. The number of amides is 1. The van der Waals surface area contributed by atoms with Crippen molar-refractivity contribution in [1.82, 2.24) is 9.78 Å². The molecule has 3 heterocycles. The summed E-state index contributed by atoms with van der Waals surface area (Å²) in [6.45, 7) is 1.94. The molecule has 0 bridgehead atoms. The minimum Gasteiger partial charge on any atom is -0.454 e. The first-order chi connectivity index (χ1) is 11.9. The Kier molecular flexibility index (Phi) is 3.68. The molecule has 2 aromatic rings. The van der Waals surface area contributed by atoms with Gasteiger partial charge >= 0.3 is 0 Å². The quantitative estimate of drug-likeness (QED) is 0.888. The van der Waals surface area contributed by atoms with Crippen molar-refractivity contribution in [2.45, 2.75) is 19.4 Å². The molecule has 1 atom stereocenters. The number of ether oxygens (including phenoxy) is 2. The van der Waals surface area contributed by atoms with E-state index in [9.17, 15) is 13.2 Å². The van der Waals surface area contributed by atoms with Crippen LogP contribution in [0.15, 0.2) is 24.3 Å². The molecule has 1 fully saturated rings. The number of nitrogens with zero attached hydrogens (tertiary/aromatic N) is 2. The van der Waals surface area contributed by atoms with Gasteiger partial charge < -0.3 is 14.8 Å². The fourth-order valence-corrected chi connectivity index (χ4v) is 4.77. The van der Waals surface area contributed by atoms with Crippen molar-refractivity contribution in [1.29, 1.82) is 0 Å². The standard InChI is InChI=1S/C16H17N3O5S/c1-10-6-15(19(18-10)12-4-5-25(21,22)8-12)17-16(20)11-2-3-13-14(7-11)24-9-23-13/h2-3,6-7,12H,4-5,8-9H2,1H3,(H,17,20)/t12-/m1/s1. The van der Waals surface area contributed by atoms with Crippen LogP contribution in [0.3, 0.4) is 0 Å². The Bertz CT molecular complexity index is 951. The highest BCUT2D eigenvalue weighted by Gasteiger charge is 2.31. The van der Waals surface area contributed by atoms with Crippen LogP contribution >= 0.6 is 0 Å². The molecule has 4 rings (SSSR count). The van der Waals surface area contributed by atoms with Crippen LogP contribution in [-0.2, 0) is 9.84 Å². The van der Waals surface area contributed by atoms with Crippen LogP contribution < -0.4 is 14.8 Å². The lowest BCUT2D eigenvalue weighted by Gasteiger charge is -2.14. The third-order valence-electron chi connectivity index (χ3n) is 4.29. The molecule has 0 aliphatic carbocycles. The first kappa shape index (κ1) is 15.9. The number of rotatable bonds is 3. The van der Waals surface area contributed by atoms with Crippen LogP contribution in [0.25, 0.3) is 0 Å². The monoisotopic (exact) mass is 363 g/mol. The number of carbonyl (C=O) groups excluding carboxylic acids is 1. The molecule has 132 valence electrons. The molecular weight excluding hydrogens is 346 g/mol. The molecule has 0 spiro atoms. The molecule has 0 saturated carbocycles. The second kappa shape index (κ2) is 5.76. The molecule has 0 unspecified atom stereocenters. The van der Waals surface area contributed by atoms with E-state index in [1.54, 1.807) is 35.9 Å². The van der Waals surface area contributed by atoms with Gasteiger partial charge in [-0.25, -0.2) is 13.1 Å². The van der Waals surface area contributed by atoms with Crippen LogP contribution in [0.5, 0.6) is 11.5 Å². The molecule has 1 amide bonds. The van der Waals surface area contributed by atoms with E-state index >= 15 is 0 Å². The van der Waals surface area contributed by atoms with E-state index in [0.29, 0.717) is 35.0 Å². The number of carbonyl (C=O) groups is 1. The normalized spacial score (nSPS) is 20.6. The average molecular weight is 363 g/mol. The predicted molar refractivity (Wildman–Crippen MR) is 89.8 cm³/mol. The summed E-state index contributed by atoms with van der Waals surface area (Å²) < 4.78 is 35.6. The largest absolute Gasteiger partial charge is 0.454 e. The lowest BCUT2D eigenvalue weighted by molar-refractivity contribution is 0.102. The van der Waals surface area contributed by atoms with E-state index in [1.165, 1.54) is 0 Å². The average Bonchev–Trinajstić information content (AvgIpc) is 3.25. The van der Waals surface area contributed by atoms with Crippen molar-refractivity contribution in [2.75, 3.05) is 23.6 Å². The smallest absolute Gasteiger partial charge is 0.256 e. The highest BCUT2D eigenvalue weighted by molar-refractivity contribution is 7.91. The summed E-state index contributed by atoms with van der Waals surface area (Å²) in [5.41, 5.74) is 1.14. The minimum atomic E-state index is -3.04. The fourth-order valence-electron chi connectivity index (χ4n) is 3.08. The molecule has 1 N–H and O–H groups in total. The van der Waals surface area contributed by atoms with Crippen molar-refractivity contribution in [3.8, 4) is 11.5 Å². The van der Waals surface area contributed by atoms with Crippen molar-refractivity contribution in [2.24, 2.45) is 0 Å². The van der Waals surface area contributed by atoms with E-state index in [4.69, 9.17) is 9.47 Å². The third kappa shape index (κ3) is 3.07. The maximum Gasteiger partial charge on any atom is 0.256 e. The number of anilines is 1. The minimum absolute atomic E-state index is 0.0427. The predicted octanol–water partition coefficient (Wildman–Crippen LogP) is 1.53. The van der Waals surface area contributed by atoms with Gasteiger partial charge in [-0.15, -0.1) is 0 Å². The first-order valence-corrected chi connectivity index (χ1v) is 9.71. The van der Waals surface area contributed by atoms with Crippen LogP contribution in [-0.4, -0.2) is 42.4 Å². The fraction of sp³-hybridized carbons (Fsp3) is 0.375. The second-order valence-electron chi connectivity index (χ2n) is 6.19. The van der Waals surface area contributed by atoms with E-state index in [-0.39, 0.29) is 30.2 Å². The van der Waals surface area contributed by atoms with Gasteiger partial charge in [0.2, 0.25) is 6.79 Å². The van der Waals surface area contributed by atoms with Crippen LogP contribution in [0.2, 0.25) is 0 Å². The number of benzene rings is 1. The molecule has 2 aliphatic heterocycles. The molecule has 2 aliphatic rings. The highest BCUT2D eigenvalue weighted by atomic mass is 32.2. The second-order valence-corrected chi connectivity index (χ2v) is 8.42. The lowest BCUT2D eigenvalue weighted by Crippen LogP contribution is -2.19. The third-order valence-corrected chi connectivity index (χ3v) is 6.04. The van der Waals surface area contributed by atoms with Crippen LogP contribution in [0.4, 0.5) is 5.82 Å². The van der Waals surface area contributed by atoms with Crippen LogP contribution in [0, 0.1) is 6.92 Å². The Hall–Kier alpha value is -2.55. The zero-order chi connectivity index (χ0) is 17.6. The van der Waals surface area contributed by atoms with E-state index < -0.39 is 9.84 Å². The highest BCUT2D eigenvalue weighted by Crippen LogP contribution is 2.33. The Morgan fingerprint density at radius 1 is 1.28 bits per heavy atom. The number of aryl methyl sites for hydroxylation is 1. The zero-order valence-electron chi connectivity index (χ0n) is 13.6. The van der Waals surface area contributed by atoms with Gasteiger partial charge in [0.05, 0.1) is 23.2 Å². The number of fused-ring (bicyclic) bond motifs is 1. The van der Waals surface area contributed by atoms with Gasteiger partial charge in [-0.05, 0) is 31.5 Å². The van der Waals surface area contributed by atoms with E-state index in [2.05, 4.69) is 10.4 Å². The molecule has 0 radical (unpaired) electrons. The van der Waals surface area contributed by atoms with Gasteiger partial charge in [0.1, 0.15) is 5.82 Å². The van der Waals surface area contributed by atoms with E-state index in [1.807, 2.05) is 0 Å². The first-order valence-electron chi connectivity index (χ1n) is 7.89. The Morgan fingerprint density at radius 2 is 2.08 bits per heavy atom. The van der Waals surface area contributed by atoms with Gasteiger partial charge in [-0.2, -0.15) is 5.10 Å². The molecule has 1 aromatic carbocycles. The summed E-state index contributed by atoms with van der Waals surface area (Å²) in [4.78, 5) is 12.6. The number of aromatic nitrogens is 2. The molecule has 25 heavy (non-hydrogen) atoms. The van der Waals surface area contributed by atoms with Crippen molar-refractivity contribution in [3.63, 3.8) is 0 Å². The van der Waals surface area contributed by atoms with Gasteiger partial charge in [-0.3, -0.25) is 4.79 Å². The topological polar surface area (TPSA) is 99.5 Å². The van der Waals surface area contributed by atoms with Gasteiger partial charge in [0.15, 0.2) is 21.3 Å². The molecule has 8 nitrogen and oxygen atoms in total. The van der Waals surface area contributed by atoms with E-state index in [0.717, 1.165) is 0 Å². The van der Waals surface area contributed by atoms with Crippen molar-refractivity contribution >= 4 is 21.6 Å². The maximum absolute atomic E-state index is 12.6. The Labute approximate surface area is 144 Å². The van der Waals surface area contributed by atoms with Crippen molar-refractivity contribution < 1.29 is 22.7 Å². The summed E-state index contributed by atoms with van der Waals surface area (Å²) in [6, 6.07) is 6.42. The number of hydrogen-bond donors (Lipinski definition) is 1. The Morgan fingerprint density at radius 3 is 2.84 bits per heavy atom. The summed E-state index contributed by atoms with van der Waals surface area (Å²) in [7, 11) is -3.04. The number of sulfone groups is 1. The van der Waals surface area contributed by atoms with Gasteiger partial charge in [0, 0.05) is 11.6 Å². The molecule has 9 heteroatoms. The summed E-state index contributed by atoms with van der Waals surface area (Å²) >= 11 is 0. The summed E-state index contributed by atoms with van der Waals surface area (Å²) in [6.07, 6.45) is 0.496. The zero-order valence-corrected chi connectivity index (χ0v) is 14.4. The number of hydrogen-bond acceptors (Lipinski definition) is 6. The van der Waals surface area contributed by atoms with Crippen LogP contribution in [0.1, 0.15) is 28.5 Å². The molecule has 1 saturated heterocycles. The number of nitrogens with one attached hydrogen (secondary N) is 1. The Balaban J connectivity index is 1.58.